The predicted octanol–water partition coefficient (Wildman–Crippen LogP) is 4.95. The fourth-order valence-electron chi connectivity index (χ4n) is 4.75. The number of benzene rings is 3. The highest BCUT2D eigenvalue weighted by Gasteiger charge is 2.43. The van der Waals surface area contributed by atoms with Crippen molar-refractivity contribution < 1.29 is 9.59 Å². The van der Waals surface area contributed by atoms with Gasteiger partial charge in [-0.1, -0.05) is 71.8 Å². The van der Waals surface area contributed by atoms with E-state index in [1.54, 1.807) is 0 Å². The fourth-order valence-corrected chi connectivity index (χ4v) is 4.75. The van der Waals surface area contributed by atoms with Crippen LogP contribution in [0.3, 0.4) is 0 Å². The van der Waals surface area contributed by atoms with Crippen molar-refractivity contribution in [3.8, 4) is 0 Å². The van der Waals surface area contributed by atoms with E-state index >= 15 is 0 Å². The van der Waals surface area contributed by atoms with Crippen LogP contribution in [0.1, 0.15) is 33.4 Å². The van der Waals surface area contributed by atoms with Gasteiger partial charge in [0.15, 0.2) is 0 Å². The molecule has 0 bridgehead atoms. The molecule has 0 atom stereocenters. The highest BCUT2D eigenvalue weighted by Crippen LogP contribution is 2.38. The maximum atomic E-state index is 13.8. The van der Waals surface area contributed by atoms with Crippen molar-refractivity contribution in [2.75, 3.05) is 11.4 Å². The Kier molecular flexibility index (Phi) is 4.93. The Morgan fingerprint density at radius 3 is 2.16 bits per heavy atom. The molecule has 0 aliphatic carbocycles. The summed E-state index contributed by atoms with van der Waals surface area (Å²) in [6.07, 6.45) is 0.853. The largest absolute Gasteiger partial charge is 0.362 e. The van der Waals surface area contributed by atoms with Gasteiger partial charge in [-0.05, 0) is 55.5 Å². The van der Waals surface area contributed by atoms with E-state index in [9.17, 15) is 9.59 Å². The Bertz CT molecular complexity index is 1270. The highest BCUT2D eigenvalue weighted by atomic mass is 16.2. The summed E-state index contributed by atoms with van der Waals surface area (Å²) in [4.78, 5) is 31.0. The van der Waals surface area contributed by atoms with E-state index in [4.69, 9.17) is 0 Å². The van der Waals surface area contributed by atoms with Crippen molar-refractivity contribution in [2.24, 2.45) is 0 Å². The van der Waals surface area contributed by atoms with Crippen LogP contribution in [0.15, 0.2) is 72.4 Å². The summed E-state index contributed by atoms with van der Waals surface area (Å²) in [5.74, 6) is -0.489. The molecular formula is C28H26N2O2. The van der Waals surface area contributed by atoms with Crippen LogP contribution in [0.25, 0.3) is 5.57 Å². The molecule has 4 heteroatoms. The van der Waals surface area contributed by atoms with E-state index in [2.05, 4.69) is 23.1 Å². The summed E-state index contributed by atoms with van der Waals surface area (Å²) in [6.45, 7) is 7.31. The molecule has 0 N–H and O–H groups in total. The van der Waals surface area contributed by atoms with Crippen molar-refractivity contribution in [1.29, 1.82) is 0 Å². The Morgan fingerprint density at radius 2 is 1.44 bits per heavy atom. The van der Waals surface area contributed by atoms with Crippen LogP contribution in [-0.4, -0.2) is 23.3 Å². The first-order valence-electron chi connectivity index (χ1n) is 11.0. The first-order chi connectivity index (χ1) is 15.4. The van der Waals surface area contributed by atoms with Gasteiger partial charge in [0, 0.05) is 13.1 Å². The third-order valence-electron chi connectivity index (χ3n) is 6.44. The lowest BCUT2D eigenvalue weighted by Gasteiger charge is -2.31. The summed E-state index contributed by atoms with van der Waals surface area (Å²) in [5.41, 5.74) is 8.10. The summed E-state index contributed by atoms with van der Waals surface area (Å²) in [7, 11) is 0. The third-order valence-corrected chi connectivity index (χ3v) is 6.44. The number of carbonyl (C=O) groups excluding carboxylic acids is 2. The van der Waals surface area contributed by atoms with Crippen molar-refractivity contribution in [3.05, 3.63) is 106 Å². The number of hydrogen-bond donors (Lipinski definition) is 0. The lowest BCUT2D eigenvalue weighted by molar-refractivity contribution is -0.120. The number of aryl methyl sites for hydroxylation is 3. The zero-order chi connectivity index (χ0) is 22.4. The molecule has 0 spiro atoms. The molecule has 0 saturated heterocycles. The van der Waals surface area contributed by atoms with E-state index in [-0.39, 0.29) is 11.8 Å². The number of amides is 2. The summed E-state index contributed by atoms with van der Waals surface area (Å²) in [5, 5.41) is 0. The molecular weight excluding hydrogens is 396 g/mol. The van der Waals surface area contributed by atoms with Gasteiger partial charge in [-0.3, -0.25) is 9.59 Å². The standard InChI is InChI=1S/C28H26N2O2/c1-18-8-11-22(12-9-18)25-26(29-15-14-21-6-4-5-7-23(21)17-29)28(32)30(27(25)31)24-13-10-19(2)16-20(24)3/h4-13,16H,14-15,17H2,1-3H3. The number of hydrogen-bond acceptors (Lipinski definition) is 3. The van der Waals surface area contributed by atoms with E-state index < -0.39 is 0 Å². The normalized spacial score (nSPS) is 16.1. The predicted molar refractivity (Wildman–Crippen MR) is 127 cm³/mol. The monoisotopic (exact) mass is 422 g/mol. The number of imide groups is 1. The second-order valence-corrected chi connectivity index (χ2v) is 8.77. The Labute approximate surface area is 188 Å². The average molecular weight is 423 g/mol. The highest BCUT2D eigenvalue weighted by molar-refractivity contribution is 6.45. The number of carbonyl (C=O) groups is 2. The zero-order valence-electron chi connectivity index (χ0n) is 18.7. The van der Waals surface area contributed by atoms with Crippen LogP contribution >= 0.6 is 0 Å². The van der Waals surface area contributed by atoms with Crippen LogP contribution in [-0.2, 0) is 22.6 Å². The van der Waals surface area contributed by atoms with Gasteiger partial charge >= 0.3 is 0 Å². The molecule has 0 radical (unpaired) electrons. The minimum absolute atomic E-state index is 0.239. The molecule has 2 heterocycles. The first-order valence-corrected chi connectivity index (χ1v) is 11.0. The van der Waals surface area contributed by atoms with Gasteiger partial charge in [0.2, 0.25) is 0 Å². The van der Waals surface area contributed by atoms with Gasteiger partial charge < -0.3 is 4.90 Å². The summed E-state index contributed by atoms with van der Waals surface area (Å²) < 4.78 is 0. The molecule has 0 unspecified atom stereocenters. The SMILES string of the molecule is Cc1ccc(C2=C(N3CCc4ccccc4C3)C(=O)N(c3ccc(C)cc3C)C2=O)cc1. The number of rotatable bonds is 3. The minimum atomic E-state index is -0.250. The van der Waals surface area contributed by atoms with Gasteiger partial charge in [-0.25, -0.2) is 4.90 Å². The quantitative estimate of drug-likeness (QED) is 0.561. The second kappa shape index (κ2) is 7.79. The van der Waals surface area contributed by atoms with Gasteiger partial charge in [-0.2, -0.15) is 0 Å². The van der Waals surface area contributed by atoms with Crippen molar-refractivity contribution in [1.82, 2.24) is 4.90 Å². The molecule has 2 amide bonds. The zero-order valence-corrected chi connectivity index (χ0v) is 18.7. The second-order valence-electron chi connectivity index (χ2n) is 8.77. The maximum absolute atomic E-state index is 13.8. The Morgan fingerprint density at radius 1 is 0.750 bits per heavy atom. The van der Waals surface area contributed by atoms with Crippen LogP contribution in [0.4, 0.5) is 5.69 Å². The van der Waals surface area contributed by atoms with Gasteiger partial charge in [0.05, 0.1) is 11.3 Å². The van der Waals surface area contributed by atoms with Crippen molar-refractivity contribution >= 4 is 23.1 Å². The number of anilines is 1. The van der Waals surface area contributed by atoms with Crippen molar-refractivity contribution in [2.45, 2.75) is 33.7 Å². The number of nitrogens with zero attached hydrogens (tertiary/aromatic N) is 2. The van der Waals surface area contributed by atoms with E-state index in [1.807, 2.05) is 69.3 Å². The molecule has 3 aromatic carbocycles. The molecule has 160 valence electrons. The fraction of sp³-hybridized carbons (Fsp3) is 0.214. The van der Waals surface area contributed by atoms with Crippen LogP contribution < -0.4 is 4.90 Å². The van der Waals surface area contributed by atoms with Crippen molar-refractivity contribution in [3.63, 3.8) is 0 Å². The Balaban J connectivity index is 1.63. The average Bonchev–Trinajstić information content (AvgIpc) is 3.04. The lowest BCUT2D eigenvalue weighted by atomic mass is 9.97. The summed E-state index contributed by atoms with van der Waals surface area (Å²) >= 11 is 0. The number of fused-ring (bicyclic) bond motifs is 1. The minimum Gasteiger partial charge on any atom is -0.362 e. The van der Waals surface area contributed by atoms with E-state index in [1.165, 1.54) is 16.0 Å². The lowest BCUT2D eigenvalue weighted by Crippen LogP contribution is -2.37. The topological polar surface area (TPSA) is 40.6 Å². The molecule has 2 aliphatic heterocycles. The smallest absolute Gasteiger partial charge is 0.282 e. The first kappa shape index (κ1) is 20.3. The van der Waals surface area contributed by atoms with Gasteiger partial charge in [0.1, 0.15) is 5.70 Å². The molecule has 5 rings (SSSR count). The molecule has 4 nitrogen and oxygen atoms in total. The van der Waals surface area contributed by atoms with Crippen LogP contribution in [0.5, 0.6) is 0 Å². The maximum Gasteiger partial charge on any atom is 0.282 e. The van der Waals surface area contributed by atoms with Gasteiger partial charge in [-0.15, -0.1) is 0 Å². The Hall–Kier alpha value is -3.66. The molecule has 0 aromatic heterocycles. The molecule has 3 aromatic rings. The van der Waals surface area contributed by atoms with Crippen LogP contribution in [0.2, 0.25) is 0 Å². The van der Waals surface area contributed by atoms with E-state index in [0.29, 0.717) is 30.0 Å². The van der Waals surface area contributed by atoms with Gasteiger partial charge in [0.25, 0.3) is 11.8 Å². The molecule has 32 heavy (non-hydrogen) atoms. The van der Waals surface area contributed by atoms with Crippen LogP contribution in [0, 0.1) is 20.8 Å². The van der Waals surface area contributed by atoms with E-state index in [0.717, 1.165) is 28.7 Å². The third kappa shape index (κ3) is 3.32. The summed E-state index contributed by atoms with van der Waals surface area (Å²) in [6, 6.07) is 22.0. The molecule has 0 fully saturated rings. The molecule has 0 saturated carbocycles. The molecule has 2 aliphatic rings.